The van der Waals surface area contributed by atoms with Gasteiger partial charge in [-0.2, -0.15) is 0 Å². The second kappa shape index (κ2) is 10.4. The Morgan fingerprint density at radius 2 is 1.39 bits per heavy atom. The fourth-order valence-electron chi connectivity index (χ4n) is 4.19. The Morgan fingerprint density at radius 3 is 1.92 bits per heavy atom. The topological polar surface area (TPSA) is 63.7 Å². The summed E-state index contributed by atoms with van der Waals surface area (Å²) in [4.78, 5) is 14.5. The molecule has 5 nitrogen and oxygen atoms in total. The first-order valence-corrected chi connectivity index (χ1v) is 12.8. The van der Waals surface area contributed by atoms with Gasteiger partial charge in [-0.25, -0.2) is 12.8 Å². The minimum Gasteiger partial charge on any atom is -0.406 e. The minimum atomic E-state index is -4.77. The second-order valence-electron chi connectivity index (χ2n) is 8.55. The molecule has 10 heteroatoms. The van der Waals surface area contributed by atoms with E-state index in [1.807, 2.05) is 4.90 Å². The molecule has 3 aromatic rings. The summed E-state index contributed by atoms with van der Waals surface area (Å²) in [6, 6.07) is 16.9. The van der Waals surface area contributed by atoms with Gasteiger partial charge < -0.3 is 4.74 Å². The lowest BCUT2D eigenvalue weighted by Gasteiger charge is -2.31. The van der Waals surface area contributed by atoms with E-state index in [0.717, 1.165) is 0 Å². The second-order valence-corrected chi connectivity index (χ2v) is 10.8. The zero-order valence-corrected chi connectivity index (χ0v) is 19.9. The number of carbonyl (C=O) groups is 1. The molecular formula is C26H23F4NO4S. The molecule has 3 aromatic carbocycles. The van der Waals surface area contributed by atoms with Crippen LogP contribution in [0.25, 0.3) is 11.1 Å². The van der Waals surface area contributed by atoms with E-state index >= 15 is 0 Å². The van der Waals surface area contributed by atoms with Crippen LogP contribution in [0.5, 0.6) is 5.75 Å². The van der Waals surface area contributed by atoms with E-state index in [0.29, 0.717) is 42.6 Å². The van der Waals surface area contributed by atoms with Crippen LogP contribution in [0.1, 0.15) is 23.2 Å². The fraction of sp³-hybridized carbons (Fsp3) is 0.269. The predicted molar refractivity (Wildman–Crippen MR) is 126 cm³/mol. The van der Waals surface area contributed by atoms with Gasteiger partial charge in [0.05, 0.1) is 16.7 Å². The van der Waals surface area contributed by atoms with E-state index in [4.69, 9.17) is 0 Å². The van der Waals surface area contributed by atoms with Gasteiger partial charge in [-0.15, -0.1) is 13.2 Å². The summed E-state index contributed by atoms with van der Waals surface area (Å²) in [5.41, 5.74) is 1.68. The van der Waals surface area contributed by atoms with Crippen molar-refractivity contribution in [2.24, 2.45) is 0 Å². The predicted octanol–water partition coefficient (Wildman–Crippen LogP) is 5.51. The molecule has 0 aromatic heterocycles. The number of Topliss-reactive ketones (excluding diaryl/α,β-unsaturated/α-hetero) is 1. The van der Waals surface area contributed by atoms with E-state index in [2.05, 4.69) is 4.74 Å². The van der Waals surface area contributed by atoms with Crippen LogP contribution in [0.4, 0.5) is 17.6 Å². The van der Waals surface area contributed by atoms with Crippen LogP contribution in [0.15, 0.2) is 77.7 Å². The van der Waals surface area contributed by atoms with Gasteiger partial charge in [0.2, 0.25) is 0 Å². The van der Waals surface area contributed by atoms with Crippen molar-refractivity contribution >= 4 is 15.6 Å². The average molecular weight is 522 g/mol. The Hall–Kier alpha value is -3.24. The highest BCUT2D eigenvalue weighted by atomic mass is 32.2. The van der Waals surface area contributed by atoms with E-state index in [-0.39, 0.29) is 23.0 Å². The molecule has 0 unspecified atom stereocenters. The van der Waals surface area contributed by atoms with Gasteiger partial charge in [-0.05, 0) is 85.6 Å². The van der Waals surface area contributed by atoms with Crippen molar-refractivity contribution in [1.29, 1.82) is 0 Å². The van der Waals surface area contributed by atoms with Gasteiger partial charge in [-0.3, -0.25) is 9.69 Å². The lowest BCUT2D eigenvalue weighted by molar-refractivity contribution is -0.274. The van der Waals surface area contributed by atoms with Gasteiger partial charge in [0.1, 0.15) is 11.6 Å². The zero-order chi connectivity index (χ0) is 25.9. The van der Waals surface area contributed by atoms with Crippen LogP contribution in [0.2, 0.25) is 0 Å². The van der Waals surface area contributed by atoms with Crippen molar-refractivity contribution in [3.8, 4) is 16.9 Å². The molecule has 1 aliphatic rings. The Balaban J connectivity index is 1.36. The number of piperidine rings is 1. The molecule has 190 valence electrons. The summed E-state index contributed by atoms with van der Waals surface area (Å²) in [6.45, 7) is 1.03. The molecule has 1 fully saturated rings. The molecule has 0 saturated carbocycles. The average Bonchev–Trinajstić information content (AvgIpc) is 2.84. The Labute approximate surface area is 206 Å². The summed E-state index contributed by atoms with van der Waals surface area (Å²) < 4.78 is 80.2. The van der Waals surface area contributed by atoms with Crippen molar-refractivity contribution in [2.45, 2.75) is 29.3 Å². The Morgan fingerprint density at radius 1 is 0.861 bits per heavy atom. The van der Waals surface area contributed by atoms with Gasteiger partial charge in [0.15, 0.2) is 15.6 Å². The highest BCUT2D eigenvalue weighted by Gasteiger charge is 2.32. The van der Waals surface area contributed by atoms with Crippen LogP contribution in [-0.4, -0.2) is 50.3 Å². The van der Waals surface area contributed by atoms with E-state index in [1.165, 1.54) is 60.7 Å². The van der Waals surface area contributed by atoms with Gasteiger partial charge in [-0.1, -0.05) is 24.3 Å². The van der Waals surface area contributed by atoms with Crippen LogP contribution < -0.4 is 4.74 Å². The highest BCUT2D eigenvalue weighted by Crippen LogP contribution is 2.29. The third-order valence-corrected chi connectivity index (χ3v) is 8.39. The number of nitrogens with zero attached hydrogens (tertiary/aromatic N) is 1. The normalized spacial score (nSPS) is 15.6. The molecule has 0 atom stereocenters. The minimum absolute atomic E-state index is 0.139. The number of carbonyl (C=O) groups excluding carboxylic acids is 1. The molecule has 1 heterocycles. The number of ether oxygens (including phenoxy) is 1. The van der Waals surface area contributed by atoms with Crippen LogP contribution in [0, 0.1) is 5.82 Å². The summed E-state index contributed by atoms with van der Waals surface area (Å²) in [6.07, 6.45) is -4.02. The molecule has 0 spiro atoms. The Kier molecular flexibility index (Phi) is 7.46. The smallest absolute Gasteiger partial charge is 0.406 e. The van der Waals surface area contributed by atoms with E-state index in [9.17, 15) is 30.8 Å². The SMILES string of the molecule is O=C(CN1CCC(S(=O)(=O)c2ccc(-c3ccc(OC(F)(F)F)cc3)cc2)CC1)c1ccc(F)cc1. The maximum Gasteiger partial charge on any atom is 0.573 e. The number of hydrogen-bond acceptors (Lipinski definition) is 5. The van der Waals surface area contributed by atoms with Crippen molar-refractivity contribution < 1.29 is 35.5 Å². The standard InChI is InChI=1S/C26H23F4NO4S/c27-21-7-1-20(2-8-21)25(32)17-31-15-13-24(14-16-31)36(33,34)23-11-5-19(6-12-23)18-3-9-22(10-4-18)35-26(28,29)30/h1-12,24H,13-17H2. The number of halogens is 4. The molecule has 0 bridgehead atoms. The number of benzene rings is 3. The van der Waals surface area contributed by atoms with Crippen molar-refractivity contribution in [3.63, 3.8) is 0 Å². The molecular weight excluding hydrogens is 498 g/mol. The summed E-state index contributed by atoms with van der Waals surface area (Å²) in [7, 11) is -3.60. The maximum absolute atomic E-state index is 13.2. The number of likely N-dealkylation sites (tertiary alicyclic amines) is 1. The molecule has 1 aliphatic heterocycles. The molecule has 4 rings (SSSR count). The molecule has 0 N–H and O–H groups in total. The van der Waals surface area contributed by atoms with Gasteiger partial charge in [0.25, 0.3) is 0 Å². The first-order chi connectivity index (χ1) is 17.0. The van der Waals surface area contributed by atoms with E-state index < -0.39 is 27.3 Å². The number of hydrogen-bond donors (Lipinski definition) is 0. The first-order valence-electron chi connectivity index (χ1n) is 11.2. The van der Waals surface area contributed by atoms with Crippen molar-refractivity contribution in [2.75, 3.05) is 19.6 Å². The van der Waals surface area contributed by atoms with Crippen LogP contribution in [-0.2, 0) is 9.84 Å². The third kappa shape index (κ3) is 6.30. The molecule has 0 amide bonds. The number of sulfone groups is 1. The highest BCUT2D eigenvalue weighted by molar-refractivity contribution is 7.92. The van der Waals surface area contributed by atoms with Crippen molar-refractivity contribution in [3.05, 3.63) is 84.2 Å². The first kappa shape index (κ1) is 25.8. The Bertz CT molecular complexity index is 1300. The largest absolute Gasteiger partial charge is 0.573 e. The summed E-state index contributed by atoms with van der Waals surface area (Å²) in [5, 5.41) is -0.584. The van der Waals surface area contributed by atoms with E-state index in [1.54, 1.807) is 12.1 Å². The maximum atomic E-state index is 13.2. The van der Waals surface area contributed by atoms with Gasteiger partial charge in [0, 0.05) is 5.56 Å². The lowest BCUT2D eigenvalue weighted by Crippen LogP contribution is -2.41. The third-order valence-electron chi connectivity index (χ3n) is 6.11. The fourth-order valence-corrected chi connectivity index (χ4v) is 5.92. The lowest BCUT2D eigenvalue weighted by atomic mass is 10.1. The number of alkyl halides is 3. The number of rotatable bonds is 7. The van der Waals surface area contributed by atoms with Crippen LogP contribution in [0.3, 0.4) is 0 Å². The molecule has 0 radical (unpaired) electrons. The molecule has 36 heavy (non-hydrogen) atoms. The van der Waals surface area contributed by atoms with Crippen LogP contribution >= 0.6 is 0 Å². The molecule has 1 saturated heterocycles. The number of ketones is 1. The monoisotopic (exact) mass is 521 g/mol. The molecule has 0 aliphatic carbocycles. The summed E-state index contributed by atoms with van der Waals surface area (Å²) in [5.74, 6) is -0.903. The quantitative estimate of drug-likeness (QED) is 0.303. The van der Waals surface area contributed by atoms with Crippen molar-refractivity contribution in [1.82, 2.24) is 4.90 Å². The van der Waals surface area contributed by atoms with Gasteiger partial charge >= 0.3 is 6.36 Å². The zero-order valence-electron chi connectivity index (χ0n) is 19.0. The summed E-state index contributed by atoms with van der Waals surface area (Å²) >= 11 is 0.